The minimum Gasteiger partial charge on any atom is -0.444 e. The molecular weight excluding hydrogens is 479 g/mol. The number of nitrogens with zero attached hydrogens (tertiary/aromatic N) is 7. The molecule has 12 heteroatoms. The van der Waals surface area contributed by atoms with Crippen molar-refractivity contribution in [3.63, 3.8) is 0 Å². The van der Waals surface area contributed by atoms with Gasteiger partial charge in [-0.1, -0.05) is 0 Å². The van der Waals surface area contributed by atoms with Gasteiger partial charge in [0.15, 0.2) is 0 Å². The maximum atomic E-state index is 14.6. The maximum absolute atomic E-state index is 14.6. The van der Waals surface area contributed by atoms with E-state index in [2.05, 4.69) is 25.4 Å². The molecule has 0 radical (unpaired) electrons. The maximum Gasteiger partial charge on any atom is 0.410 e. The van der Waals surface area contributed by atoms with Crippen LogP contribution < -0.4 is 15.1 Å². The van der Waals surface area contributed by atoms with Crippen molar-refractivity contribution in [1.29, 1.82) is 0 Å². The SMILES string of the molecule is C[C@@H]1CN(c2ccnc3c2CCN3C(=O)Nc2cc3nn(C)nc3cc2F)CCN1C(=O)OC(C)(C)C. The summed E-state index contributed by atoms with van der Waals surface area (Å²) in [7, 11) is 1.65. The molecular formula is C25H31FN8O3. The fraction of sp³-hybridized carbons (Fsp3) is 0.480. The van der Waals surface area contributed by atoms with Crippen molar-refractivity contribution >= 4 is 40.4 Å². The number of hydrogen-bond acceptors (Lipinski definition) is 7. The number of urea groups is 1. The van der Waals surface area contributed by atoms with Crippen LogP contribution in [0.5, 0.6) is 0 Å². The Hall–Kier alpha value is -3.96. The van der Waals surface area contributed by atoms with E-state index < -0.39 is 17.4 Å². The fourth-order valence-electron chi connectivity index (χ4n) is 4.86. The zero-order chi connectivity index (χ0) is 26.5. The molecule has 3 aromatic rings. The summed E-state index contributed by atoms with van der Waals surface area (Å²) in [5.74, 6) is -0.0301. The number of amides is 3. The van der Waals surface area contributed by atoms with Gasteiger partial charge >= 0.3 is 12.1 Å². The lowest BCUT2D eigenvalue weighted by Crippen LogP contribution is -2.55. The van der Waals surface area contributed by atoms with Crippen LogP contribution in [0.25, 0.3) is 11.0 Å². The van der Waals surface area contributed by atoms with Gasteiger partial charge in [-0.05, 0) is 46.2 Å². The first-order chi connectivity index (χ1) is 17.5. The van der Waals surface area contributed by atoms with Crippen molar-refractivity contribution in [2.45, 2.75) is 45.8 Å². The van der Waals surface area contributed by atoms with Gasteiger partial charge in [0.05, 0.1) is 5.69 Å². The summed E-state index contributed by atoms with van der Waals surface area (Å²) in [4.78, 5) is 37.1. The van der Waals surface area contributed by atoms with E-state index in [1.165, 1.54) is 21.8 Å². The Morgan fingerprint density at radius 1 is 1.14 bits per heavy atom. The number of carbonyl (C=O) groups is 2. The van der Waals surface area contributed by atoms with Crippen LogP contribution in [0.4, 0.5) is 31.2 Å². The summed E-state index contributed by atoms with van der Waals surface area (Å²) >= 11 is 0. The topological polar surface area (TPSA) is 109 Å². The molecule has 0 aliphatic carbocycles. The average Bonchev–Trinajstić information content (AvgIpc) is 3.40. The number of aromatic nitrogens is 4. The standard InChI is InChI=1S/C25H31FN8O3/c1-15-14-32(10-11-33(15)24(36)37-25(2,3)4)21-6-8-27-22-16(21)7-9-34(22)23(35)28-18-13-20-19(12-17(18)26)29-31(5)30-20/h6,8,12-13,15H,7,9-11,14H2,1-5H3,(H,28,35)/t15-/m1/s1. The molecule has 2 aliphatic rings. The Balaban J connectivity index is 1.31. The first kappa shape index (κ1) is 24.7. The molecule has 1 fully saturated rings. The third kappa shape index (κ3) is 4.87. The van der Waals surface area contributed by atoms with E-state index in [1.807, 2.05) is 33.8 Å². The molecule has 4 heterocycles. The van der Waals surface area contributed by atoms with E-state index in [0.717, 1.165) is 11.3 Å². The van der Waals surface area contributed by atoms with Crippen LogP contribution in [-0.2, 0) is 18.2 Å². The summed E-state index contributed by atoms with van der Waals surface area (Å²) in [6.07, 6.45) is 1.99. The second-order valence-corrected chi connectivity index (χ2v) is 10.4. The normalized spacial score (nSPS) is 17.8. The number of pyridine rings is 1. The first-order valence-electron chi connectivity index (χ1n) is 12.3. The van der Waals surface area contributed by atoms with Gasteiger partial charge in [-0.15, -0.1) is 0 Å². The highest BCUT2D eigenvalue weighted by Gasteiger charge is 2.34. The Morgan fingerprint density at radius 3 is 2.57 bits per heavy atom. The highest BCUT2D eigenvalue weighted by atomic mass is 19.1. The summed E-state index contributed by atoms with van der Waals surface area (Å²) < 4.78 is 20.2. The van der Waals surface area contributed by atoms with Gasteiger partial charge in [0.2, 0.25) is 0 Å². The van der Waals surface area contributed by atoms with Crippen molar-refractivity contribution in [2.75, 3.05) is 41.3 Å². The molecule has 2 aliphatic heterocycles. The monoisotopic (exact) mass is 510 g/mol. The Kier molecular flexibility index (Phi) is 6.12. The molecule has 1 atom stereocenters. The lowest BCUT2D eigenvalue weighted by atomic mass is 10.1. The number of rotatable bonds is 2. The van der Waals surface area contributed by atoms with Gasteiger partial charge in [-0.3, -0.25) is 4.90 Å². The van der Waals surface area contributed by atoms with Gasteiger partial charge in [-0.2, -0.15) is 15.0 Å². The molecule has 196 valence electrons. The van der Waals surface area contributed by atoms with Crippen LogP contribution in [0, 0.1) is 5.82 Å². The number of aryl methyl sites for hydroxylation is 1. The first-order valence-corrected chi connectivity index (χ1v) is 12.3. The summed E-state index contributed by atoms with van der Waals surface area (Å²) in [5, 5.41) is 10.9. The molecule has 5 rings (SSSR count). The fourth-order valence-corrected chi connectivity index (χ4v) is 4.86. The second kappa shape index (κ2) is 9.16. The van der Waals surface area contributed by atoms with Gasteiger partial charge in [0, 0.05) is 62.8 Å². The molecule has 2 aromatic heterocycles. The second-order valence-electron chi connectivity index (χ2n) is 10.4. The number of anilines is 3. The Bertz CT molecular complexity index is 1370. The average molecular weight is 511 g/mol. The third-order valence-corrected chi connectivity index (χ3v) is 6.50. The van der Waals surface area contributed by atoms with Crippen LogP contribution in [-0.4, -0.2) is 74.8 Å². The highest BCUT2D eigenvalue weighted by molar-refractivity contribution is 6.03. The largest absolute Gasteiger partial charge is 0.444 e. The minimum atomic E-state index is -0.584. The van der Waals surface area contributed by atoms with Crippen molar-refractivity contribution < 1.29 is 18.7 Å². The van der Waals surface area contributed by atoms with E-state index in [-0.39, 0.29) is 17.8 Å². The van der Waals surface area contributed by atoms with Gasteiger partial charge < -0.3 is 19.9 Å². The van der Waals surface area contributed by atoms with Gasteiger partial charge in [0.25, 0.3) is 0 Å². The Morgan fingerprint density at radius 2 is 1.86 bits per heavy atom. The molecule has 0 spiro atoms. The summed E-state index contributed by atoms with van der Waals surface area (Å²) in [5.41, 5.74) is 2.34. The molecule has 1 aromatic carbocycles. The molecule has 0 saturated carbocycles. The van der Waals surface area contributed by atoms with Crippen LogP contribution in [0.3, 0.4) is 0 Å². The summed E-state index contributed by atoms with van der Waals surface area (Å²) in [6, 6.07) is 4.16. The highest BCUT2D eigenvalue weighted by Crippen LogP contribution is 2.35. The van der Waals surface area contributed by atoms with E-state index in [0.29, 0.717) is 49.5 Å². The molecule has 1 saturated heterocycles. The predicted molar refractivity (Wildman–Crippen MR) is 137 cm³/mol. The number of piperazine rings is 1. The molecule has 37 heavy (non-hydrogen) atoms. The van der Waals surface area contributed by atoms with Gasteiger partial charge in [0.1, 0.15) is 28.3 Å². The van der Waals surface area contributed by atoms with Crippen molar-refractivity contribution in [1.82, 2.24) is 24.9 Å². The number of halogens is 1. The number of fused-ring (bicyclic) bond motifs is 2. The number of hydrogen-bond donors (Lipinski definition) is 1. The molecule has 0 bridgehead atoms. The molecule has 3 amide bonds. The smallest absolute Gasteiger partial charge is 0.410 e. The quantitative estimate of drug-likeness (QED) is 0.562. The Labute approximate surface area is 214 Å². The molecule has 1 N–H and O–H groups in total. The van der Waals surface area contributed by atoms with E-state index in [1.54, 1.807) is 18.1 Å². The predicted octanol–water partition coefficient (Wildman–Crippen LogP) is 3.54. The number of carbonyl (C=O) groups excluding carboxylic acids is 2. The van der Waals surface area contributed by atoms with E-state index in [9.17, 15) is 14.0 Å². The van der Waals surface area contributed by atoms with Crippen molar-refractivity contribution in [3.05, 3.63) is 35.8 Å². The number of ether oxygens (including phenoxy) is 1. The number of nitrogens with one attached hydrogen (secondary N) is 1. The van der Waals surface area contributed by atoms with E-state index >= 15 is 0 Å². The van der Waals surface area contributed by atoms with Crippen molar-refractivity contribution in [2.24, 2.45) is 7.05 Å². The zero-order valence-corrected chi connectivity index (χ0v) is 21.7. The van der Waals surface area contributed by atoms with Crippen LogP contribution in [0.15, 0.2) is 24.4 Å². The molecule has 0 unspecified atom stereocenters. The molecule has 11 nitrogen and oxygen atoms in total. The van der Waals surface area contributed by atoms with Gasteiger partial charge in [-0.25, -0.2) is 19.0 Å². The van der Waals surface area contributed by atoms with Crippen LogP contribution in [0.1, 0.15) is 33.3 Å². The summed E-state index contributed by atoms with van der Waals surface area (Å²) in [6.45, 7) is 9.79. The third-order valence-electron chi connectivity index (χ3n) is 6.50. The lowest BCUT2D eigenvalue weighted by molar-refractivity contribution is 0.0159. The lowest BCUT2D eigenvalue weighted by Gasteiger charge is -2.41. The van der Waals surface area contributed by atoms with Crippen molar-refractivity contribution in [3.8, 4) is 0 Å². The number of benzene rings is 1. The van der Waals surface area contributed by atoms with E-state index in [4.69, 9.17) is 4.74 Å². The zero-order valence-electron chi connectivity index (χ0n) is 21.7. The van der Waals surface area contributed by atoms with Crippen LogP contribution in [0.2, 0.25) is 0 Å². The minimum absolute atomic E-state index is 0.0368. The van der Waals surface area contributed by atoms with Crippen LogP contribution >= 0.6 is 0 Å².